The molecule has 0 atom stereocenters. The zero-order valence-electron chi connectivity index (χ0n) is 11.8. The molecular weight excluding hydrogens is 307 g/mol. The number of hydrogen-bond donors (Lipinski definition) is 1. The van der Waals surface area contributed by atoms with Gasteiger partial charge in [-0.15, -0.1) is 0 Å². The molecule has 0 unspecified atom stereocenters. The van der Waals surface area contributed by atoms with E-state index in [4.69, 9.17) is 4.52 Å². The molecule has 3 nitrogen and oxygen atoms in total. The third-order valence-electron chi connectivity index (χ3n) is 3.47. The molecule has 1 N–H and O–H groups in total. The number of rotatable bonds is 3. The van der Waals surface area contributed by atoms with Crippen LogP contribution in [0.5, 0.6) is 0 Å². The lowest BCUT2D eigenvalue weighted by molar-refractivity contribution is -0.137. The molecule has 1 heterocycles. The monoisotopic (exact) mass is 319 g/mol. The highest BCUT2D eigenvalue weighted by Gasteiger charge is 2.30. The van der Waals surface area contributed by atoms with Gasteiger partial charge in [-0.3, -0.25) is 0 Å². The largest absolute Gasteiger partial charge is 0.416 e. The van der Waals surface area contributed by atoms with Gasteiger partial charge in [0.05, 0.1) is 17.7 Å². The highest BCUT2D eigenvalue weighted by Crippen LogP contribution is 2.34. The van der Waals surface area contributed by atoms with Crippen LogP contribution in [0.1, 0.15) is 11.1 Å². The highest BCUT2D eigenvalue weighted by atomic mass is 19.4. The summed E-state index contributed by atoms with van der Waals surface area (Å²) in [4.78, 5) is 0. The van der Waals surface area contributed by atoms with E-state index in [1.165, 1.54) is 12.1 Å². The molecule has 0 saturated heterocycles. The molecule has 23 heavy (non-hydrogen) atoms. The Hall–Kier alpha value is -2.60. The van der Waals surface area contributed by atoms with Crippen molar-refractivity contribution in [2.75, 3.05) is 0 Å². The molecule has 0 spiro atoms. The van der Waals surface area contributed by atoms with E-state index in [1.807, 2.05) is 30.3 Å². The first-order chi connectivity index (χ1) is 11.0. The molecule has 0 aliphatic carbocycles. The Balaban J connectivity index is 2.03. The third kappa shape index (κ3) is 2.98. The van der Waals surface area contributed by atoms with Crippen molar-refractivity contribution in [3.05, 3.63) is 65.7 Å². The Morgan fingerprint density at radius 2 is 1.57 bits per heavy atom. The Kier molecular flexibility index (Phi) is 3.92. The Labute approximate surface area is 130 Å². The Bertz CT molecular complexity index is 793. The Morgan fingerprint density at radius 3 is 2.13 bits per heavy atom. The maximum atomic E-state index is 12.6. The summed E-state index contributed by atoms with van der Waals surface area (Å²) in [5, 5.41) is 13.6. The molecule has 0 aliphatic rings. The Morgan fingerprint density at radius 1 is 0.913 bits per heavy atom. The molecule has 0 saturated carbocycles. The number of hydrogen-bond acceptors (Lipinski definition) is 3. The van der Waals surface area contributed by atoms with Crippen LogP contribution in [0.25, 0.3) is 22.6 Å². The van der Waals surface area contributed by atoms with Gasteiger partial charge in [0, 0.05) is 11.1 Å². The molecule has 0 aliphatic heterocycles. The number of alkyl halides is 3. The second-order valence-corrected chi connectivity index (χ2v) is 4.94. The van der Waals surface area contributed by atoms with E-state index in [1.54, 1.807) is 0 Å². The van der Waals surface area contributed by atoms with Crippen LogP contribution in [-0.4, -0.2) is 10.3 Å². The van der Waals surface area contributed by atoms with Crippen molar-refractivity contribution in [2.45, 2.75) is 12.8 Å². The van der Waals surface area contributed by atoms with Gasteiger partial charge in [-0.1, -0.05) is 47.6 Å². The lowest BCUT2D eigenvalue weighted by atomic mass is 10.0. The predicted octanol–water partition coefficient (Wildman–Crippen LogP) is 4.52. The van der Waals surface area contributed by atoms with Gasteiger partial charge >= 0.3 is 6.18 Å². The minimum Gasteiger partial charge on any atom is -0.391 e. The van der Waals surface area contributed by atoms with Gasteiger partial charge in [-0.25, -0.2) is 0 Å². The lowest BCUT2D eigenvalue weighted by Crippen LogP contribution is -2.04. The summed E-state index contributed by atoms with van der Waals surface area (Å²) >= 11 is 0. The van der Waals surface area contributed by atoms with Crippen LogP contribution in [0, 0.1) is 0 Å². The van der Waals surface area contributed by atoms with Crippen molar-refractivity contribution in [2.24, 2.45) is 0 Å². The van der Waals surface area contributed by atoms with Gasteiger partial charge in [0.25, 0.3) is 0 Å². The van der Waals surface area contributed by atoms with Crippen molar-refractivity contribution < 1.29 is 22.8 Å². The zero-order valence-corrected chi connectivity index (χ0v) is 11.8. The number of halogens is 3. The van der Waals surface area contributed by atoms with Gasteiger partial charge < -0.3 is 9.63 Å². The van der Waals surface area contributed by atoms with E-state index in [2.05, 4.69) is 5.16 Å². The zero-order chi connectivity index (χ0) is 16.4. The van der Waals surface area contributed by atoms with E-state index in [0.717, 1.165) is 17.7 Å². The summed E-state index contributed by atoms with van der Waals surface area (Å²) in [5.41, 5.74) is 1.36. The van der Waals surface area contributed by atoms with Gasteiger partial charge in [-0.2, -0.15) is 13.2 Å². The molecule has 0 bridgehead atoms. The second-order valence-electron chi connectivity index (χ2n) is 4.94. The topological polar surface area (TPSA) is 46.3 Å². The van der Waals surface area contributed by atoms with Crippen LogP contribution >= 0.6 is 0 Å². The molecule has 3 rings (SSSR count). The van der Waals surface area contributed by atoms with Gasteiger partial charge in [0.15, 0.2) is 5.76 Å². The number of aliphatic hydroxyl groups is 1. The molecule has 2 aromatic carbocycles. The van der Waals surface area contributed by atoms with Crippen molar-refractivity contribution in [3.63, 3.8) is 0 Å². The van der Waals surface area contributed by atoms with Gasteiger partial charge in [0.1, 0.15) is 5.69 Å². The maximum absolute atomic E-state index is 12.6. The normalized spacial score (nSPS) is 11.7. The number of aromatic nitrogens is 1. The standard InChI is InChI=1S/C17H12F3NO2/c18-17(19,20)13-8-6-12(7-9-13)16-14(10-22)15(21-23-16)11-4-2-1-3-5-11/h1-9,22H,10H2. The first kappa shape index (κ1) is 15.3. The number of aliphatic hydroxyl groups excluding tert-OH is 1. The molecule has 118 valence electrons. The van der Waals surface area contributed by atoms with Crippen molar-refractivity contribution in [3.8, 4) is 22.6 Å². The average molecular weight is 319 g/mol. The molecule has 1 aromatic heterocycles. The molecule has 3 aromatic rings. The van der Waals surface area contributed by atoms with Crippen LogP contribution in [-0.2, 0) is 12.8 Å². The molecular formula is C17H12F3NO2. The summed E-state index contributed by atoms with van der Waals surface area (Å²) in [7, 11) is 0. The second kappa shape index (κ2) is 5.89. The smallest absolute Gasteiger partial charge is 0.391 e. The quantitative estimate of drug-likeness (QED) is 0.772. The molecule has 0 fully saturated rings. The van der Waals surface area contributed by atoms with Crippen molar-refractivity contribution in [1.82, 2.24) is 5.16 Å². The minimum absolute atomic E-state index is 0.264. The van der Waals surface area contributed by atoms with Crippen LogP contribution in [0.4, 0.5) is 13.2 Å². The van der Waals surface area contributed by atoms with Crippen LogP contribution < -0.4 is 0 Å². The first-order valence-corrected chi connectivity index (χ1v) is 6.83. The number of nitrogens with zero attached hydrogens (tertiary/aromatic N) is 1. The molecule has 6 heteroatoms. The average Bonchev–Trinajstić information content (AvgIpc) is 2.99. The van der Waals surface area contributed by atoms with E-state index < -0.39 is 11.7 Å². The lowest BCUT2D eigenvalue weighted by Gasteiger charge is -2.07. The minimum atomic E-state index is -4.39. The fraction of sp³-hybridized carbons (Fsp3) is 0.118. The fourth-order valence-corrected chi connectivity index (χ4v) is 2.32. The molecule has 0 amide bonds. The summed E-state index contributed by atoms with van der Waals surface area (Å²) in [6, 6.07) is 13.7. The molecule has 0 radical (unpaired) electrons. The van der Waals surface area contributed by atoms with Crippen LogP contribution in [0.15, 0.2) is 59.1 Å². The van der Waals surface area contributed by atoms with Crippen molar-refractivity contribution >= 4 is 0 Å². The summed E-state index contributed by atoms with van der Waals surface area (Å²) < 4.78 is 43.1. The summed E-state index contributed by atoms with van der Waals surface area (Å²) in [5.74, 6) is 0.264. The maximum Gasteiger partial charge on any atom is 0.416 e. The third-order valence-corrected chi connectivity index (χ3v) is 3.47. The first-order valence-electron chi connectivity index (χ1n) is 6.83. The van der Waals surface area contributed by atoms with Gasteiger partial charge in [-0.05, 0) is 12.1 Å². The van der Waals surface area contributed by atoms with Gasteiger partial charge in [0.2, 0.25) is 0 Å². The fourth-order valence-electron chi connectivity index (χ4n) is 2.32. The van der Waals surface area contributed by atoms with E-state index >= 15 is 0 Å². The van der Waals surface area contributed by atoms with Crippen molar-refractivity contribution in [1.29, 1.82) is 0 Å². The summed E-state index contributed by atoms with van der Waals surface area (Å²) in [6.07, 6.45) is -4.39. The number of benzene rings is 2. The van der Waals surface area contributed by atoms with E-state index in [0.29, 0.717) is 16.8 Å². The SMILES string of the molecule is OCc1c(-c2ccccc2)noc1-c1ccc(C(F)(F)F)cc1. The highest BCUT2D eigenvalue weighted by molar-refractivity contribution is 5.72. The van der Waals surface area contributed by atoms with E-state index in [-0.39, 0.29) is 12.4 Å². The van der Waals surface area contributed by atoms with Crippen LogP contribution in [0.3, 0.4) is 0 Å². The predicted molar refractivity (Wildman–Crippen MR) is 78.3 cm³/mol. The van der Waals surface area contributed by atoms with E-state index in [9.17, 15) is 18.3 Å². The van der Waals surface area contributed by atoms with Crippen LogP contribution in [0.2, 0.25) is 0 Å². The summed E-state index contributed by atoms with van der Waals surface area (Å²) in [6.45, 7) is -0.329.